The van der Waals surface area contributed by atoms with Gasteiger partial charge in [0.25, 0.3) is 0 Å². The van der Waals surface area contributed by atoms with E-state index in [0.29, 0.717) is 19.1 Å². The maximum absolute atomic E-state index is 12.8. The van der Waals surface area contributed by atoms with Crippen LogP contribution in [0.15, 0.2) is 43.0 Å². The van der Waals surface area contributed by atoms with Crippen LogP contribution in [0.25, 0.3) is 0 Å². The molecule has 6 nitrogen and oxygen atoms in total. The monoisotopic (exact) mass is 356 g/mol. The number of carbonyl (C=O) groups excluding carboxylic acids is 2. The van der Waals surface area contributed by atoms with Crippen LogP contribution in [0.1, 0.15) is 24.4 Å². The lowest BCUT2D eigenvalue weighted by molar-refractivity contribution is -0.128. The second-order valence-corrected chi connectivity index (χ2v) is 7.00. The van der Waals surface area contributed by atoms with E-state index in [1.54, 1.807) is 6.08 Å². The topological polar surface area (TPSA) is 64.7 Å². The van der Waals surface area contributed by atoms with E-state index in [-0.39, 0.29) is 17.9 Å². The molecule has 2 amide bonds. The number of nitrogens with zero attached hydrogens (tertiary/aromatic N) is 2. The molecule has 140 valence electrons. The number of hydrogen-bond donors (Lipinski definition) is 2. The standard InChI is InChI=1S/C20H28N4O2/c1-2-10-21-18(25)15-23-11-13-24(14-12-23)19(16-6-4-3-5-7-16)20(26)22-17-8-9-17/h2-7,17,19H,1,8-15H2,(H,21,25)(H,22,26). The molecule has 1 aliphatic heterocycles. The number of benzene rings is 1. The Bertz CT molecular complexity index is 622. The van der Waals surface area contributed by atoms with Gasteiger partial charge in [0.1, 0.15) is 6.04 Å². The number of carbonyl (C=O) groups is 2. The first-order valence-corrected chi connectivity index (χ1v) is 9.36. The summed E-state index contributed by atoms with van der Waals surface area (Å²) in [6.07, 6.45) is 3.85. The van der Waals surface area contributed by atoms with E-state index in [4.69, 9.17) is 0 Å². The Labute approximate surface area is 155 Å². The average molecular weight is 356 g/mol. The SMILES string of the molecule is C=CCNC(=O)CN1CCN(C(C(=O)NC2CC2)c2ccccc2)CC1. The summed E-state index contributed by atoms with van der Waals surface area (Å²) in [5.74, 6) is 0.111. The summed E-state index contributed by atoms with van der Waals surface area (Å²) in [4.78, 5) is 29.1. The summed E-state index contributed by atoms with van der Waals surface area (Å²) in [7, 11) is 0. The van der Waals surface area contributed by atoms with Crippen molar-refractivity contribution in [3.63, 3.8) is 0 Å². The van der Waals surface area contributed by atoms with Crippen molar-refractivity contribution in [3.05, 3.63) is 48.6 Å². The van der Waals surface area contributed by atoms with Crippen molar-refractivity contribution in [2.24, 2.45) is 0 Å². The highest BCUT2D eigenvalue weighted by molar-refractivity contribution is 5.83. The molecule has 1 aliphatic carbocycles. The van der Waals surface area contributed by atoms with Gasteiger partial charge in [0.2, 0.25) is 11.8 Å². The molecule has 1 unspecified atom stereocenters. The van der Waals surface area contributed by atoms with E-state index in [0.717, 1.165) is 44.6 Å². The molecular weight excluding hydrogens is 328 g/mol. The third kappa shape index (κ3) is 5.16. The summed E-state index contributed by atoms with van der Waals surface area (Å²) in [6, 6.07) is 10.1. The van der Waals surface area contributed by atoms with Gasteiger partial charge in [-0.05, 0) is 18.4 Å². The summed E-state index contributed by atoms with van der Waals surface area (Å²) in [5.41, 5.74) is 1.03. The van der Waals surface area contributed by atoms with E-state index in [1.165, 1.54) is 0 Å². The van der Waals surface area contributed by atoms with Crippen LogP contribution in [0.2, 0.25) is 0 Å². The number of rotatable bonds is 8. The van der Waals surface area contributed by atoms with Crippen molar-refractivity contribution >= 4 is 11.8 Å². The molecule has 0 bridgehead atoms. The quantitative estimate of drug-likeness (QED) is 0.680. The smallest absolute Gasteiger partial charge is 0.242 e. The maximum atomic E-state index is 12.8. The number of nitrogens with one attached hydrogen (secondary N) is 2. The first-order valence-electron chi connectivity index (χ1n) is 9.36. The van der Waals surface area contributed by atoms with Crippen LogP contribution in [0, 0.1) is 0 Å². The van der Waals surface area contributed by atoms with Gasteiger partial charge in [-0.3, -0.25) is 19.4 Å². The highest BCUT2D eigenvalue weighted by atomic mass is 16.2. The molecule has 2 fully saturated rings. The van der Waals surface area contributed by atoms with E-state index < -0.39 is 0 Å². The molecule has 2 N–H and O–H groups in total. The minimum Gasteiger partial charge on any atom is -0.352 e. The fourth-order valence-corrected chi connectivity index (χ4v) is 3.30. The molecule has 1 saturated heterocycles. The van der Waals surface area contributed by atoms with Crippen molar-refractivity contribution in [3.8, 4) is 0 Å². The van der Waals surface area contributed by atoms with Gasteiger partial charge in [-0.25, -0.2) is 0 Å². The van der Waals surface area contributed by atoms with Crippen LogP contribution in [0.4, 0.5) is 0 Å². The second kappa shape index (κ2) is 8.96. The van der Waals surface area contributed by atoms with Crippen LogP contribution in [0.3, 0.4) is 0 Å². The summed E-state index contributed by atoms with van der Waals surface area (Å²) >= 11 is 0. The first kappa shape index (κ1) is 18.6. The Morgan fingerprint density at radius 2 is 1.85 bits per heavy atom. The van der Waals surface area contributed by atoms with Crippen molar-refractivity contribution in [1.29, 1.82) is 0 Å². The van der Waals surface area contributed by atoms with Gasteiger partial charge in [0.15, 0.2) is 0 Å². The zero-order chi connectivity index (χ0) is 18.4. The molecule has 1 heterocycles. The van der Waals surface area contributed by atoms with Gasteiger partial charge < -0.3 is 10.6 Å². The Morgan fingerprint density at radius 1 is 1.15 bits per heavy atom. The minimum atomic E-state index is -0.256. The van der Waals surface area contributed by atoms with Gasteiger partial charge in [-0.15, -0.1) is 6.58 Å². The lowest BCUT2D eigenvalue weighted by Crippen LogP contribution is -2.52. The average Bonchev–Trinajstić information content (AvgIpc) is 3.46. The van der Waals surface area contributed by atoms with E-state index >= 15 is 0 Å². The Morgan fingerprint density at radius 3 is 2.46 bits per heavy atom. The molecular formula is C20H28N4O2. The van der Waals surface area contributed by atoms with Crippen LogP contribution in [-0.2, 0) is 9.59 Å². The second-order valence-electron chi connectivity index (χ2n) is 7.00. The normalized spacial score (nSPS) is 19.5. The molecule has 3 rings (SSSR count). The lowest BCUT2D eigenvalue weighted by Gasteiger charge is -2.38. The highest BCUT2D eigenvalue weighted by Gasteiger charge is 2.33. The molecule has 1 aromatic rings. The molecule has 6 heteroatoms. The van der Waals surface area contributed by atoms with Crippen LogP contribution in [-0.4, -0.2) is 66.9 Å². The molecule has 0 radical (unpaired) electrons. The number of piperazine rings is 1. The number of hydrogen-bond acceptors (Lipinski definition) is 4. The zero-order valence-corrected chi connectivity index (χ0v) is 15.2. The van der Waals surface area contributed by atoms with Gasteiger partial charge >= 0.3 is 0 Å². The van der Waals surface area contributed by atoms with Crippen LogP contribution < -0.4 is 10.6 Å². The Balaban J connectivity index is 1.59. The maximum Gasteiger partial charge on any atom is 0.242 e. The zero-order valence-electron chi connectivity index (χ0n) is 15.2. The molecule has 2 aliphatic rings. The fraction of sp³-hybridized carbons (Fsp3) is 0.500. The van der Waals surface area contributed by atoms with Crippen LogP contribution >= 0.6 is 0 Å². The van der Waals surface area contributed by atoms with Gasteiger partial charge in [0, 0.05) is 38.8 Å². The van der Waals surface area contributed by atoms with E-state index in [9.17, 15) is 9.59 Å². The predicted molar refractivity (Wildman–Crippen MR) is 102 cm³/mol. The van der Waals surface area contributed by atoms with Crippen molar-refractivity contribution in [1.82, 2.24) is 20.4 Å². The molecule has 26 heavy (non-hydrogen) atoms. The first-order chi connectivity index (χ1) is 12.7. The minimum absolute atomic E-state index is 0.0180. The Kier molecular flexibility index (Phi) is 6.41. The Hall–Kier alpha value is -2.18. The third-order valence-corrected chi connectivity index (χ3v) is 4.87. The van der Waals surface area contributed by atoms with Crippen LogP contribution in [0.5, 0.6) is 0 Å². The molecule has 1 aromatic carbocycles. The molecule has 1 saturated carbocycles. The van der Waals surface area contributed by atoms with E-state index in [1.807, 2.05) is 30.3 Å². The highest BCUT2D eigenvalue weighted by Crippen LogP contribution is 2.25. The van der Waals surface area contributed by atoms with Crippen molar-refractivity contribution < 1.29 is 9.59 Å². The van der Waals surface area contributed by atoms with Gasteiger partial charge in [0.05, 0.1) is 6.54 Å². The molecule has 0 aromatic heterocycles. The fourth-order valence-electron chi connectivity index (χ4n) is 3.30. The summed E-state index contributed by atoms with van der Waals surface area (Å²) < 4.78 is 0. The van der Waals surface area contributed by atoms with Crippen molar-refractivity contribution in [2.45, 2.75) is 24.9 Å². The molecule has 1 atom stereocenters. The lowest BCUT2D eigenvalue weighted by atomic mass is 10.0. The summed E-state index contributed by atoms with van der Waals surface area (Å²) in [5, 5.41) is 5.96. The van der Waals surface area contributed by atoms with Gasteiger partial charge in [-0.1, -0.05) is 36.4 Å². The van der Waals surface area contributed by atoms with Crippen molar-refractivity contribution in [2.75, 3.05) is 39.3 Å². The third-order valence-electron chi connectivity index (χ3n) is 4.87. The number of amides is 2. The predicted octanol–water partition coefficient (Wildman–Crippen LogP) is 0.926. The van der Waals surface area contributed by atoms with Gasteiger partial charge in [-0.2, -0.15) is 0 Å². The van der Waals surface area contributed by atoms with E-state index in [2.05, 4.69) is 27.0 Å². The largest absolute Gasteiger partial charge is 0.352 e. The molecule has 0 spiro atoms. The summed E-state index contributed by atoms with van der Waals surface area (Å²) in [6.45, 7) is 7.60.